The minimum absolute atomic E-state index is 0.0904. The molecule has 220 valence electrons. The third-order valence-corrected chi connectivity index (χ3v) is 7.03. The Kier molecular flexibility index (Phi) is 8.76. The van der Waals surface area contributed by atoms with Gasteiger partial charge in [0.2, 0.25) is 5.91 Å². The van der Waals surface area contributed by atoms with Crippen LogP contribution in [0.1, 0.15) is 43.4 Å². The number of ether oxygens (including phenoxy) is 2. The van der Waals surface area contributed by atoms with Gasteiger partial charge in [0.15, 0.2) is 0 Å². The van der Waals surface area contributed by atoms with Crippen molar-refractivity contribution in [2.75, 3.05) is 17.2 Å². The second-order valence-electron chi connectivity index (χ2n) is 11.4. The van der Waals surface area contributed by atoms with Crippen molar-refractivity contribution in [3.8, 4) is 11.1 Å². The molecule has 1 aliphatic carbocycles. The molecule has 3 amide bonds. The summed E-state index contributed by atoms with van der Waals surface area (Å²) in [7, 11) is 0. The fourth-order valence-electron chi connectivity index (χ4n) is 5.13. The molecule has 0 aliphatic heterocycles. The van der Waals surface area contributed by atoms with Crippen molar-refractivity contribution in [3.63, 3.8) is 0 Å². The van der Waals surface area contributed by atoms with Crippen molar-refractivity contribution in [3.05, 3.63) is 120 Å². The molecule has 0 bridgehead atoms. The van der Waals surface area contributed by atoms with Crippen LogP contribution in [0.25, 0.3) is 11.1 Å². The van der Waals surface area contributed by atoms with Crippen molar-refractivity contribution >= 4 is 29.5 Å². The summed E-state index contributed by atoms with van der Waals surface area (Å²) in [4.78, 5) is 38.5. The quantitative estimate of drug-likeness (QED) is 0.207. The largest absolute Gasteiger partial charge is 0.449 e. The van der Waals surface area contributed by atoms with Crippen LogP contribution in [0.2, 0.25) is 0 Å². The Hall–Kier alpha value is -5.11. The van der Waals surface area contributed by atoms with E-state index in [0.717, 1.165) is 27.8 Å². The topological polar surface area (TPSA) is 106 Å². The van der Waals surface area contributed by atoms with Gasteiger partial charge in [-0.3, -0.25) is 10.1 Å². The highest BCUT2D eigenvalue weighted by Gasteiger charge is 2.30. The summed E-state index contributed by atoms with van der Waals surface area (Å²) in [5.41, 5.74) is 5.79. The molecule has 0 unspecified atom stereocenters. The lowest BCUT2D eigenvalue weighted by molar-refractivity contribution is -0.118. The fraction of sp³-hybridized carbons (Fsp3) is 0.229. The first kappa shape index (κ1) is 29.4. The first-order valence-electron chi connectivity index (χ1n) is 14.2. The molecular formula is C35H35N3O5. The molecule has 3 N–H and O–H groups in total. The van der Waals surface area contributed by atoms with E-state index in [9.17, 15) is 14.4 Å². The third kappa shape index (κ3) is 7.60. The molecule has 0 aromatic heterocycles. The van der Waals surface area contributed by atoms with E-state index >= 15 is 0 Å². The SMILES string of the molecule is CC(C)(C)OC(=O)Nc1ccc(NC(=O)[C@H](Cc2ccccc2)NC(=O)OCC2c3ccccc3-c3ccccc32)cc1. The highest BCUT2D eigenvalue weighted by Crippen LogP contribution is 2.44. The number of rotatable bonds is 8. The minimum Gasteiger partial charge on any atom is -0.449 e. The second kappa shape index (κ2) is 12.8. The number of alkyl carbamates (subject to hydrolysis) is 1. The third-order valence-electron chi connectivity index (χ3n) is 7.03. The van der Waals surface area contributed by atoms with Crippen LogP contribution >= 0.6 is 0 Å². The summed E-state index contributed by atoms with van der Waals surface area (Å²) in [6, 6.07) is 31.5. The maximum atomic E-state index is 13.4. The van der Waals surface area contributed by atoms with Crippen molar-refractivity contribution in [2.45, 2.75) is 44.8 Å². The second-order valence-corrected chi connectivity index (χ2v) is 11.4. The Labute approximate surface area is 251 Å². The van der Waals surface area contributed by atoms with Gasteiger partial charge in [-0.15, -0.1) is 0 Å². The van der Waals surface area contributed by atoms with Crippen LogP contribution in [0, 0.1) is 0 Å². The van der Waals surface area contributed by atoms with E-state index in [1.54, 1.807) is 45.0 Å². The number of hydrogen-bond donors (Lipinski definition) is 3. The van der Waals surface area contributed by atoms with Crippen molar-refractivity contribution in [1.29, 1.82) is 0 Å². The Morgan fingerprint density at radius 3 is 1.81 bits per heavy atom. The lowest BCUT2D eigenvalue weighted by Crippen LogP contribution is -2.45. The maximum absolute atomic E-state index is 13.4. The first-order valence-corrected chi connectivity index (χ1v) is 14.2. The van der Waals surface area contributed by atoms with Gasteiger partial charge in [0, 0.05) is 23.7 Å². The van der Waals surface area contributed by atoms with Gasteiger partial charge >= 0.3 is 12.2 Å². The van der Waals surface area contributed by atoms with E-state index in [0.29, 0.717) is 11.4 Å². The zero-order valence-corrected chi connectivity index (χ0v) is 24.4. The molecule has 0 fully saturated rings. The standard InChI is InChI=1S/C35H35N3O5/c1-35(2,3)43-34(41)37-25-19-17-24(18-20-25)36-32(39)31(21-23-11-5-4-6-12-23)38-33(40)42-22-30-28-15-9-7-13-26(28)27-14-8-10-16-29(27)30/h4-20,30-31H,21-22H2,1-3H3,(H,36,39)(H,37,41)(H,38,40)/t31-/m0/s1. The van der Waals surface area contributed by atoms with Crippen LogP contribution in [0.4, 0.5) is 21.0 Å². The predicted molar refractivity (Wildman–Crippen MR) is 167 cm³/mol. The van der Waals surface area contributed by atoms with Crippen molar-refractivity contribution < 1.29 is 23.9 Å². The Morgan fingerprint density at radius 1 is 0.698 bits per heavy atom. The Bertz CT molecular complexity index is 1550. The van der Waals surface area contributed by atoms with Gasteiger partial charge < -0.3 is 20.1 Å². The highest BCUT2D eigenvalue weighted by molar-refractivity contribution is 5.97. The molecule has 0 saturated heterocycles. The molecule has 4 aromatic rings. The summed E-state index contributed by atoms with van der Waals surface area (Å²) >= 11 is 0. The summed E-state index contributed by atoms with van der Waals surface area (Å²) in [6.45, 7) is 5.50. The molecule has 5 rings (SSSR count). The number of amides is 3. The van der Waals surface area contributed by atoms with Gasteiger partial charge in [0.05, 0.1) is 0 Å². The molecule has 1 atom stereocenters. The van der Waals surface area contributed by atoms with Crippen LogP contribution in [-0.2, 0) is 20.7 Å². The molecular weight excluding hydrogens is 542 g/mol. The summed E-state index contributed by atoms with van der Waals surface area (Å²) < 4.78 is 11.0. The van der Waals surface area contributed by atoms with Gasteiger partial charge in [-0.05, 0) is 72.9 Å². The number of anilines is 2. The van der Waals surface area contributed by atoms with Crippen LogP contribution in [-0.4, -0.2) is 36.3 Å². The smallest absolute Gasteiger partial charge is 0.412 e. The predicted octanol–water partition coefficient (Wildman–Crippen LogP) is 7.12. The fourth-order valence-corrected chi connectivity index (χ4v) is 5.13. The zero-order valence-electron chi connectivity index (χ0n) is 24.4. The van der Waals surface area contributed by atoms with E-state index in [4.69, 9.17) is 9.47 Å². The first-order chi connectivity index (χ1) is 20.7. The molecule has 0 spiro atoms. The van der Waals surface area contributed by atoms with Gasteiger partial charge in [-0.25, -0.2) is 9.59 Å². The van der Waals surface area contributed by atoms with E-state index < -0.39 is 29.7 Å². The van der Waals surface area contributed by atoms with Gasteiger partial charge in [-0.1, -0.05) is 78.9 Å². The van der Waals surface area contributed by atoms with E-state index in [2.05, 4.69) is 40.2 Å². The summed E-state index contributed by atoms with van der Waals surface area (Å²) in [5.74, 6) is -0.488. The number of carbonyl (C=O) groups is 3. The lowest BCUT2D eigenvalue weighted by atomic mass is 9.98. The van der Waals surface area contributed by atoms with Gasteiger partial charge in [0.25, 0.3) is 0 Å². The number of hydrogen-bond acceptors (Lipinski definition) is 5. The zero-order chi connectivity index (χ0) is 30.4. The minimum atomic E-state index is -0.891. The Morgan fingerprint density at radius 2 is 1.23 bits per heavy atom. The van der Waals surface area contributed by atoms with E-state index in [1.807, 2.05) is 54.6 Å². The molecule has 8 nitrogen and oxygen atoms in total. The Balaban J connectivity index is 1.24. The molecule has 0 saturated carbocycles. The highest BCUT2D eigenvalue weighted by atomic mass is 16.6. The number of fused-ring (bicyclic) bond motifs is 3. The van der Waals surface area contributed by atoms with Crippen LogP contribution in [0.3, 0.4) is 0 Å². The van der Waals surface area contributed by atoms with Crippen LogP contribution in [0.15, 0.2) is 103 Å². The van der Waals surface area contributed by atoms with Gasteiger partial charge in [-0.2, -0.15) is 0 Å². The van der Waals surface area contributed by atoms with Gasteiger partial charge in [0.1, 0.15) is 18.2 Å². The number of carbonyl (C=O) groups excluding carboxylic acids is 3. The van der Waals surface area contributed by atoms with Crippen molar-refractivity contribution in [1.82, 2.24) is 5.32 Å². The normalized spacial score (nSPS) is 12.8. The van der Waals surface area contributed by atoms with Crippen molar-refractivity contribution in [2.24, 2.45) is 0 Å². The number of nitrogens with one attached hydrogen (secondary N) is 3. The molecule has 8 heteroatoms. The molecule has 1 aliphatic rings. The average molecular weight is 578 g/mol. The molecule has 4 aromatic carbocycles. The molecule has 43 heavy (non-hydrogen) atoms. The maximum Gasteiger partial charge on any atom is 0.412 e. The average Bonchev–Trinajstić information content (AvgIpc) is 3.30. The molecule has 0 heterocycles. The van der Waals surface area contributed by atoms with Crippen LogP contribution < -0.4 is 16.0 Å². The summed E-state index contributed by atoms with van der Waals surface area (Å²) in [5, 5.41) is 8.29. The van der Waals surface area contributed by atoms with E-state index in [1.165, 1.54) is 0 Å². The lowest BCUT2D eigenvalue weighted by Gasteiger charge is -2.20. The number of benzene rings is 4. The van der Waals surface area contributed by atoms with Crippen LogP contribution in [0.5, 0.6) is 0 Å². The monoisotopic (exact) mass is 577 g/mol. The molecule has 0 radical (unpaired) electrons. The summed E-state index contributed by atoms with van der Waals surface area (Å²) in [6.07, 6.45) is -0.968. The van der Waals surface area contributed by atoms with E-state index in [-0.39, 0.29) is 18.9 Å².